The number of nitrogens with one attached hydrogen (secondary N) is 3. The maximum Gasteiger partial charge on any atom is 0.319 e. The van der Waals surface area contributed by atoms with Crippen LogP contribution in [0.25, 0.3) is 0 Å². The van der Waals surface area contributed by atoms with E-state index in [9.17, 15) is 18.4 Å². The Morgan fingerprint density at radius 3 is 2.43 bits per heavy atom. The average Bonchev–Trinajstić information content (AvgIpc) is 2.48. The van der Waals surface area contributed by atoms with Crippen molar-refractivity contribution in [1.29, 1.82) is 0 Å². The maximum absolute atomic E-state index is 12.5. The van der Waals surface area contributed by atoms with Crippen LogP contribution in [0.1, 0.15) is 27.2 Å². The second-order valence-corrected chi connectivity index (χ2v) is 6.04. The fraction of sp³-hybridized carbons (Fsp3) is 0.467. The van der Waals surface area contributed by atoms with E-state index in [1.807, 2.05) is 13.8 Å². The fourth-order valence-corrected chi connectivity index (χ4v) is 2.25. The Labute approximate surface area is 138 Å². The van der Waals surface area contributed by atoms with Gasteiger partial charge in [-0.1, -0.05) is 30.8 Å². The third-order valence-electron chi connectivity index (χ3n) is 3.09. The number of urea groups is 1. The van der Waals surface area contributed by atoms with Gasteiger partial charge in [0.1, 0.15) is 6.04 Å². The van der Waals surface area contributed by atoms with Gasteiger partial charge in [-0.05, 0) is 32.4 Å². The number of para-hydroxylation sites is 1. The van der Waals surface area contributed by atoms with Crippen molar-refractivity contribution in [1.82, 2.24) is 10.6 Å². The minimum absolute atomic E-state index is 0.0120. The Morgan fingerprint density at radius 1 is 1.17 bits per heavy atom. The summed E-state index contributed by atoms with van der Waals surface area (Å²) in [7, 11) is 0. The number of halogens is 2. The van der Waals surface area contributed by atoms with E-state index in [4.69, 9.17) is 0 Å². The van der Waals surface area contributed by atoms with Crippen LogP contribution in [0.5, 0.6) is 0 Å². The molecule has 0 aliphatic carbocycles. The molecule has 0 unspecified atom stereocenters. The Balaban J connectivity index is 2.61. The summed E-state index contributed by atoms with van der Waals surface area (Å²) in [5.74, 6) is -2.88. The van der Waals surface area contributed by atoms with E-state index < -0.39 is 17.8 Å². The highest BCUT2D eigenvalue weighted by Gasteiger charge is 2.18. The molecule has 128 valence electrons. The number of alkyl halides is 2. The van der Waals surface area contributed by atoms with Gasteiger partial charge < -0.3 is 16.0 Å². The number of thioether (sulfide) groups is 1. The van der Waals surface area contributed by atoms with Gasteiger partial charge in [0.05, 0.1) is 5.69 Å². The second-order valence-electron chi connectivity index (χ2n) is 5.01. The minimum Gasteiger partial charge on any atom is -0.352 e. The molecule has 3 N–H and O–H groups in total. The zero-order valence-corrected chi connectivity index (χ0v) is 14.0. The van der Waals surface area contributed by atoms with Crippen LogP contribution in [-0.2, 0) is 4.79 Å². The molecule has 1 aromatic rings. The van der Waals surface area contributed by atoms with Crippen LogP contribution in [-0.4, -0.2) is 29.8 Å². The molecular weight excluding hydrogens is 324 g/mol. The summed E-state index contributed by atoms with van der Waals surface area (Å²) >= 11 is 0.349. The van der Waals surface area contributed by atoms with E-state index in [-0.39, 0.29) is 22.5 Å². The van der Waals surface area contributed by atoms with Gasteiger partial charge in [-0.2, -0.15) is 8.78 Å². The number of carbonyl (C=O) groups is 2. The monoisotopic (exact) mass is 345 g/mol. The molecule has 0 aromatic heterocycles. The largest absolute Gasteiger partial charge is 0.352 e. The van der Waals surface area contributed by atoms with Gasteiger partial charge in [0.2, 0.25) is 5.91 Å². The SMILES string of the molecule is CC[C@@H](C)NC(=O)[C@H](C)NC(=O)Nc1ccccc1SC(F)F. The van der Waals surface area contributed by atoms with Crippen molar-refractivity contribution < 1.29 is 18.4 Å². The molecule has 8 heteroatoms. The molecule has 3 amide bonds. The molecule has 0 radical (unpaired) electrons. The highest BCUT2D eigenvalue weighted by Crippen LogP contribution is 2.31. The second kappa shape index (κ2) is 9.34. The van der Waals surface area contributed by atoms with E-state index in [0.717, 1.165) is 6.42 Å². The molecule has 0 bridgehead atoms. The van der Waals surface area contributed by atoms with Crippen molar-refractivity contribution >= 4 is 29.4 Å². The van der Waals surface area contributed by atoms with Crippen molar-refractivity contribution in [2.75, 3.05) is 5.32 Å². The summed E-state index contributed by atoms with van der Waals surface area (Å²) in [6, 6.07) is 4.90. The predicted molar refractivity (Wildman–Crippen MR) is 87.8 cm³/mol. The summed E-state index contributed by atoms with van der Waals surface area (Å²) in [6.07, 6.45) is 0.781. The van der Waals surface area contributed by atoms with E-state index in [2.05, 4.69) is 16.0 Å². The van der Waals surface area contributed by atoms with Gasteiger partial charge in [0, 0.05) is 10.9 Å². The minimum atomic E-state index is -2.58. The number of carbonyl (C=O) groups excluding carboxylic acids is 2. The molecule has 0 saturated heterocycles. The Morgan fingerprint density at radius 2 is 1.83 bits per heavy atom. The lowest BCUT2D eigenvalue weighted by molar-refractivity contribution is -0.123. The maximum atomic E-state index is 12.5. The van der Waals surface area contributed by atoms with E-state index >= 15 is 0 Å². The lowest BCUT2D eigenvalue weighted by Crippen LogP contribution is -2.48. The molecule has 2 atom stereocenters. The fourth-order valence-electron chi connectivity index (χ4n) is 1.66. The summed E-state index contributed by atoms with van der Waals surface area (Å²) in [5, 5.41) is 7.72. The van der Waals surface area contributed by atoms with Crippen molar-refractivity contribution in [2.45, 2.75) is 49.9 Å². The van der Waals surface area contributed by atoms with Gasteiger partial charge in [0.15, 0.2) is 0 Å². The first-order chi connectivity index (χ1) is 10.8. The molecule has 0 heterocycles. The van der Waals surface area contributed by atoms with Gasteiger partial charge in [0.25, 0.3) is 5.76 Å². The standard InChI is InChI=1S/C15H21F2N3O2S/c1-4-9(2)18-13(21)10(3)19-15(22)20-11-7-5-6-8-12(11)23-14(16)17/h5-10,14H,4H2,1-3H3,(H,18,21)(H2,19,20,22)/t9-,10+/m1/s1. The predicted octanol–water partition coefficient (Wildman–Crippen LogP) is 3.43. The number of amides is 3. The zero-order chi connectivity index (χ0) is 17.4. The van der Waals surface area contributed by atoms with Gasteiger partial charge in [-0.15, -0.1) is 0 Å². The number of hydrogen-bond donors (Lipinski definition) is 3. The average molecular weight is 345 g/mol. The third-order valence-corrected chi connectivity index (χ3v) is 3.88. The molecule has 5 nitrogen and oxygen atoms in total. The molecular formula is C15H21F2N3O2S. The molecule has 0 saturated carbocycles. The van der Waals surface area contributed by atoms with Crippen molar-refractivity contribution in [3.8, 4) is 0 Å². The molecule has 0 aliphatic heterocycles. The van der Waals surface area contributed by atoms with Crippen LogP contribution in [0.3, 0.4) is 0 Å². The summed E-state index contributed by atoms with van der Waals surface area (Å²) in [4.78, 5) is 24.0. The smallest absolute Gasteiger partial charge is 0.319 e. The van der Waals surface area contributed by atoms with E-state index in [1.54, 1.807) is 19.1 Å². The Kier molecular flexibility index (Phi) is 7.80. The van der Waals surface area contributed by atoms with Crippen LogP contribution in [0.4, 0.5) is 19.3 Å². The number of rotatable bonds is 7. The number of benzene rings is 1. The van der Waals surface area contributed by atoms with Gasteiger partial charge in [-0.25, -0.2) is 4.79 Å². The molecule has 23 heavy (non-hydrogen) atoms. The molecule has 0 aliphatic rings. The van der Waals surface area contributed by atoms with Crippen molar-refractivity contribution in [3.05, 3.63) is 24.3 Å². The first-order valence-electron chi connectivity index (χ1n) is 7.25. The van der Waals surface area contributed by atoms with Gasteiger partial charge in [-0.3, -0.25) is 4.79 Å². The third kappa shape index (κ3) is 6.85. The first-order valence-corrected chi connectivity index (χ1v) is 8.13. The molecule has 0 spiro atoms. The normalized spacial score (nSPS) is 13.3. The van der Waals surface area contributed by atoms with Crippen LogP contribution >= 0.6 is 11.8 Å². The lowest BCUT2D eigenvalue weighted by atomic mass is 10.2. The molecule has 1 rings (SSSR count). The van der Waals surface area contributed by atoms with Crippen LogP contribution in [0, 0.1) is 0 Å². The highest BCUT2D eigenvalue weighted by atomic mass is 32.2. The quantitative estimate of drug-likeness (QED) is 0.663. The summed E-state index contributed by atoms with van der Waals surface area (Å²) in [5.41, 5.74) is 0.268. The van der Waals surface area contributed by atoms with Crippen molar-refractivity contribution in [3.63, 3.8) is 0 Å². The number of anilines is 1. The first kappa shape index (κ1) is 19.2. The van der Waals surface area contributed by atoms with Crippen molar-refractivity contribution in [2.24, 2.45) is 0 Å². The van der Waals surface area contributed by atoms with Crippen LogP contribution in [0.15, 0.2) is 29.2 Å². The Bertz CT molecular complexity index is 543. The Hall–Kier alpha value is -1.83. The van der Waals surface area contributed by atoms with Crippen LogP contribution in [0.2, 0.25) is 0 Å². The number of hydrogen-bond acceptors (Lipinski definition) is 3. The van der Waals surface area contributed by atoms with E-state index in [0.29, 0.717) is 11.8 Å². The summed E-state index contributed by atoms with van der Waals surface area (Å²) in [6.45, 7) is 5.35. The molecule has 1 aromatic carbocycles. The van der Waals surface area contributed by atoms with E-state index in [1.165, 1.54) is 12.1 Å². The van der Waals surface area contributed by atoms with Crippen LogP contribution < -0.4 is 16.0 Å². The molecule has 0 fully saturated rings. The summed E-state index contributed by atoms with van der Waals surface area (Å²) < 4.78 is 25.0. The van der Waals surface area contributed by atoms with Gasteiger partial charge >= 0.3 is 6.03 Å². The lowest BCUT2D eigenvalue weighted by Gasteiger charge is -2.18. The highest BCUT2D eigenvalue weighted by molar-refractivity contribution is 7.99. The zero-order valence-electron chi connectivity index (χ0n) is 13.2. The topological polar surface area (TPSA) is 70.2 Å².